The minimum Gasteiger partial charge on any atom is -0.347 e. The molecule has 0 amide bonds. The Bertz CT molecular complexity index is 839. The summed E-state index contributed by atoms with van der Waals surface area (Å²) in [6, 6.07) is 10.5. The Hall–Kier alpha value is -2.22. The number of hydrogen-bond donors (Lipinski definition) is 0. The average molecular weight is 389 g/mol. The van der Waals surface area contributed by atoms with E-state index < -0.39 is 5.79 Å². The van der Waals surface area contributed by atoms with E-state index in [4.69, 9.17) is 22.3 Å². The third kappa shape index (κ3) is 4.52. The zero-order valence-corrected chi connectivity index (χ0v) is 17.8. The van der Waals surface area contributed by atoms with Gasteiger partial charge in [-0.05, 0) is 50.2 Å². The molecule has 0 aromatic heterocycles. The van der Waals surface area contributed by atoms with Crippen LogP contribution in [0.25, 0.3) is 5.57 Å². The summed E-state index contributed by atoms with van der Waals surface area (Å²) >= 11 is 0. The van der Waals surface area contributed by atoms with Crippen LogP contribution in [0.4, 0.5) is 0 Å². The van der Waals surface area contributed by atoms with Gasteiger partial charge in [0.2, 0.25) is 0 Å². The number of allylic oxidation sites excluding steroid dienone is 1. The van der Waals surface area contributed by atoms with Crippen molar-refractivity contribution in [3.8, 4) is 24.7 Å². The molecule has 1 heterocycles. The van der Waals surface area contributed by atoms with Gasteiger partial charge < -0.3 is 9.47 Å². The van der Waals surface area contributed by atoms with Gasteiger partial charge in [-0.1, -0.05) is 37.3 Å². The molecule has 1 saturated carbocycles. The molecule has 0 bridgehead atoms. The summed E-state index contributed by atoms with van der Waals surface area (Å²) in [4.78, 5) is 0. The Morgan fingerprint density at radius 2 is 1.86 bits per heavy atom. The largest absolute Gasteiger partial charge is 0.347 e. The van der Waals surface area contributed by atoms with Crippen molar-refractivity contribution in [2.45, 2.75) is 64.6 Å². The second kappa shape index (κ2) is 9.52. The molecule has 1 aromatic rings. The van der Waals surface area contributed by atoms with Crippen molar-refractivity contribution < 1.29 is 9.47 Å². The van der Waals surface area contributed by atoms with Crippen LogP contribution in [-0.4, -0.2) is 19.0 Å². The fourth-order valence-corrected chi connectivity index (χ4v) is 4.82. The highest BCUT2D eigenvalue weighted by Gasteiger charge is 2.61. The molecule has 0 N–H and O–H groups in total. The monoisotopic (exact) mass is 388 g/mol. The van der Waals surface area contributed by atoms with Crippen molar-refractivity contribution in [3.63, 3.8) is 0 Å². The quantitative estimate of drug-likeness (QED) is 0.324. The van der Waals surface area contributed by atoms with Crippen molar-refractivity contribution in [1.29, 1.82) is 0 Å². The average Bonchev–Trinajstić information content (AvgIpc) is 3.32. The fourth-order valence-electron chi connectivity index (χ4n) is 4.82. The summed E-state index contributed by atoms with van der Waals surface area (Å²) in [7, 11) is 0. The van der Waals surface area contributed by atoms with E-state index in [2.05, 4.69) is 55.7 Å². The Labute approximate surface area is 176 Å². The Balaban J connectivity index is 1.95. The van der Waals surface area contributed by atoms with Crippen LogP contribution in [0.5, 0.6) is 0 Å². The van der Waals surface area contributed by atoms with Crippen LogP contribution < -0.4 is 0 Å². The molecule has 3 rings (SSSR count). The number of rotatable bonds is 7. The summed E-state index contributed by atoms with van der Waals surface area (Å²) in [5.74, 6) is 5.30. The molecule has 29 heavy (non-hydrogen) atoms. The SMILES string of the molecule is C#CCCCCC(C)=C=C(C[C@@]1(C)[C@@H](C#C)CCC12OCCO2)c1ccccc1. The lowest BCUT2D eigenvalue weighted by Gasteiger charge is -2.41. The number of terminal acetylenes is 2. The summed E-state index contributed by atoms with van der Waals surface area (Å²) in [6.45, 7) is 5.68. The lowest BCUT2D eigenvalue weighted by molar-refractivity contribution is -0.219. The minimum absolute atomic E-state index is 0.122. The van der Waals surface area contributed by atoms with Crippen molar-refractivity contribution in [2.75, 3.05) is 13.2 Å². The maximum Gasteiger partial charge on any atom is 0.175 e. The van der Waals surface area contributed by atoms with E-state index in [0.29, 0.717) is 13.2 Å². The van der Waals surface area contributed by atoms with Gasteiger partial charge in [-0.25, -0.2) is 0 Å². The first-order chi connectivity index (χ1) is 14.0. The second-order valence-corrected chi connectivity index (χ2v) is 8.46. The highest BCUT2D eigenvalue weighted by Crippen LogP contribution is 2.58. The summed E-state index contributed by atoms with van der Waals surface area (Å²) in [5.41, 5.74) is 7.06. The molecule has 1 saturated heterocycles. The van der Waals surface area contributed by atoms with Gasteiger partial charge in [-0.3, -0.25) is 0 Å². The third-order valence-electron chi connectivity index (χ3n) is 6.51. The maximum absolute atomic E-state index is 6.20. The molecule has 2 heteroatoms. The molecule has 2 atom stereocenters. The molecular weight excluding hydrogens is 356 g/mol. The van der Waals surface area contributed by atoms with Gasteiger partial charge in [0.15, 0.2) is 5.79 Å². The topological polar surface area (TPSA) is 18.5 Å². The van der Waals surface area contributed by atoms with Crippen LogP contribution in [0.1, 0.15) is 64.4 Å². The van der Waals surface area contributed by atoms with Crippen LogP contribution in [0, 0.1) is 36.0 Å². The van der Waals surface area contributed by atoms with Gasteiger partial charge in [0.25, 0.3) is 0 Å². The Morgan fingerprint density at radius 3 is 2.52 bits per heavy atom. The van der Waals surface area contributed by atoms with E-state index in [1.165, 1.54) is 16.7 Å². The molecule has 2 aliphatic rings. The van der Waals surface area contributed by atoms with E-state index in [0.717, 1.165) is 44.9 Å². The maximum atomic E-state index is 6.20. The number of hydrogen-bond acceptors (Lipinski definition) is 2. The first-order valence-corrected chi connectivity index (χ1v) is 10.7. The van der Waals surface area contributed by atoms with Crippen molar-refractivity contribution in [2.24, 2.45) is 11.3 Å². The molecule has 1 spiro atoms. The summed E-state index contributed by atoms with van der Waals surface area (Å²) < 4.78 is 12.4. The van der Waals surface area contributed by atoms with Gasteiger partial charge >= 0.3 is 0 Å². The minimum atomic E-state index is -0.577. The number of benzene rings is 1. The Morgan fingerprint density at radius 1 is 1.14 bits per heavy atom. The molecule has 1 aliphatic carbocycles. The Kier molecular flexibility index (Phi) is 7.05. The first-order valence-electron chi connectivity index (χ1n) is 10.7. The zero-order valence-electron chi connectivity index (χ0n) is 17.8. The molecular formula is C27H32O2. The number of ether oxygens (including phenoxy) is 2. The normalized spacial score (nSPS) is 24.6. The highest BCUT2D eigenvalue weighted by molar-refractivity contribution is 5.66. The van der Waals surface area contributed by atoms with Crippen molar-refractivity contribution >= 4 is 5.57 Å². The van der Waals surface area contributed by atoms with Gasteiger partial charge in [0, 0.05) is 29.7 Å². The van der Waals surface area contributed by atoms with E-state index in [9.17, 15) is 0 Å². The summed E-state index contributed by atoms with van der Waals surface area (Å²) in [5, 5.41) is 0. The molecule has 1 aliphatic heterocycles. The van der Waals surface area contributed by atoms with Crippen molar-refractivity contribution in [3.05, 3.63) is 47.2 Å². The zero-order chi connectivity index (χ0) is 20.7. The molecule has 0 unspecified atom stereocenters. The molecule has 152 valence electrons. The van der Waals surface area contributed by atoms with Crippen LogP contribution >= 0.6 is 0 Å². The van der Waals surface area contributed by atoms with E-state index >= 15 is 0 Å². The van der Waals surface area contributed by atoms with Crippen molar-refractivity contribution in [1.82, 2.24) is 0 Å². The van der Waals surface area contributed by atoms with Crippen LogP contribution in [-0.2, 0) is 9.47 Å². The fraction of sp³-hybridized carbons (Fsp3) is 0.519. The van der Waals surface area contributed by atoms with Gasteiger partial charge in [-0.2, -0.15) is 0 Å². The molecule has 2 nitrogen and oxygen atoms in total. The first kappa shape index (κ1) is 21.5. The van der Waals surface area contributed by atoms with Gasteiger partial charge in [0.1, 0.15) is 0 Å². The van der Waals surface area contributed by atoms with E-state index in [-0.39, 0.29) is 11.3 Å². The molecule has 2 fully saturated rings. The van der Waals surface area contributed by atoms with Crippen LogP contribution in [0.15, 0.2) is 41.6 Å². The predicted octanol–water partition coefficient (Wildman–Crippen LogP) is 5.99. The lowest BCUT2D eigenvalue weighted by Crippen LogP contribution is -2.46. The van der Waals surface area contributed by atoms with Crippen LogP contribution in [0.3, 0.4) is 0 Å². The highest BCUT2D eigenvalue weighted by atomic mass is 16.7. The predicted molar refractivity (Wildman–Crippen MR) is 119 cm³/mol. The van der Waals surface area contributed by atoms with Gasteiger partial charge in [0.05, 0.1) is 13.2 Å². The van der Waals surface area contributed by atoms with Gasteiger partial charge in [-0.15, -0.1) is 30.4 Å². The summed E-state index contributed by atoms with van der Waals surface area (Å²) in [6.07, 6.45) is 17.9. The second-order valence-electron chi connectivity index (χ2n) is 8.46. The van der Waals surface area contributed by atoms with E-state index in [1.807, 2.05) is 6.07 Å². The third-order valence-corrected chi connectivity index (χ3v) is 6.51. The van der Waals surface area contributed by atoms with Crippen LogP contribution in [0.2, 0.25) is 0 Å². The molecule has 0 radical (unpaired) electrons. The standard InChI is InChI=1S/C27H32O2/c1-5-7-8-10-13-22(3)20-24(23-14-11-9-12-15-23)21-26(4)25(6-2)16-17-27(26)28-18-19-29-27/h1-2,9,11-12,14-15,25H,7-8,10,13,16-19,21H2,3-4H3/t20?,25-,26-/m0/s1. The number of unbranched alkanes of at least 4 members (excludes halogenated alkanes) is 2. The van der Waals surface area contributed by atoms with E-state index in [1.54, 1.807) is 0 Å². The lowest BCUT2D eigenvalue weighted by atomic mass is 9.71. The molecule has 1 aromatic carbocycles. The smallest absolute Gasteiger partial charge is 0.175 e.